The number of aromatic nitrogens is 2. The van der Waals surface area contributed by atoms with Crippen molar-refractivity contribution >= 4 is 0 Å². The van der Waals surface area contributed by atoms with E-state index in [2.05, 4.69) is 15.5 Å². The molecule has 5 heteroatoms. The van der Waals surface area contributed by atoms with Crippen molar-refractivity contribution in [3.05, 3.63) is 30.2 Å². The molecular formula is C14H17N3O2. The van der Waals surface area contributed by atoms with Crippen molar-refractivity contribution in [3.63, 3.8) is 0 Å². The van der Waals surface area contributed by atoms with Gasteiger partial charge in [0.25, 0.3) is 0 Å². The van der Waals surface area contributed by atoms with Crippen LogP contribution in [0.1, 0.15) is 18.7 Å². The highest BCUT2D eigenvalue weighted by molar-refractivity contribution is 5.56. The minimum absolute atomic E-state index is 0.210. The molecular weight excluding hydrogens is 242 g/mol. The van der Waals surface area contributed by atoms with Gasteiger partial charge < -0.3 is 14.9 Å². The summed E-state index contributed by atoms with van der Waals surface area (Å²) in [5.41, 5.74) is 0.778. The molecule has 5 nitrogen and oxygen atoms in total. The molecule has 19 heavy (non-hydrogen) atoms. The summed E-state index contributed by atoms with van der Waals surface area (Å²) in [6.45, 7) is 2.14. The lowest BCUT2D eigenvalue weighted by Gasteiger charge is -2.20. The zero-order chi connectivity index (χ0) is 13.1. The second kappa shape index (κ2) is 5.40. The third kappa shape index (κ3) is 2.93. The standard InChI is InChI=1S/C14H17N3O2/c18-12-3-1-2-11(9-12)14-16-13(19-17-14)8-10-4-6-15-7-5-10/h1-3,9-10,15,18H,4-8H2. The molecule has 0 bridgehead atoms. The van der Waals surface area contributed by atoms with Crippen LogP contribution in [0.3, 0.4) is 0 Å². The Morgan fingerprint density at radius 1 is 1.32 bits per heavy atom. The Morgan fingerprint density at radius 3 is 2.95 bits per heavy atom. The summed E-state index contributed by atoms with van der Waals surface area (Å²) in [6, 6.07) is 6.89. The third-order valence-electron chi connectivity index (χ3n) is 3.49. The van der Waals surface area contributed by atoms with Crippen LogP contribution in [0.25, 0.3) is 11.4 Å². The van der Waals surface area contributed by atoms with Crippen molar-refractivity contribution in [2.24, 2.45) is 5.92 Å². The Labute approximate surface area is 111 Å². The Kier molecular flexibility index (Phi) is 3.46. The SMILES string of the molecule is Oc1cccc(-c2noc(CC3CCNCC3)n2)c1. The van der Waals surface area contributed by atoms with E-state index in [-0.39, 0.29) is 5.75 Å². The minimum atomic E-state index is 0.210. The second-order valence-corrected chi connectivity index (χ2v) is 4.96. The van der Waals surface area contributed by atoms with Crippen LogP contribution in [-0.2, 0) is 6.42 Å². The van der Waals surface area contributed by atoms with Crippen molar-refractivity contribution in [3.8, 4) is 17.1 Å². The van der Waals surface area contributed by atoms with Gasteiger partial charge in [-0.1, -0.05) is 17.3 Å². The summed E-state index contributed by atoms with van der Waals surface area (Å²) in [6.07, 6.45) is 3.15. The average Bonchev–Trinajstić information content (AvgIpc) is 2.88. The van der Waals surface area contributed by atoms with E-state index in [0.717, 1.165) is 37.9 Å². The van der Waals surface area contributed by atoms with E-state index in [9.17, 15) is 5.11 Å². The average molecular weight is 259 g/mol. The monoisotopic (exact) mass is 259 g/mol. The van der Waals surface area contributed by atoms with Gasteiger partial charge in [0.2, 0.25) is 11.7 Å². The molecule has 1 fully saturated rings. The lowest BCUT2D eigenvalue weighted by Crippen LogP contribution is -2.28. The van der Waals surface area contributed by atoms with Gasteiger partial charge in [-0.15, -0.1) is 0 Å². The van der Waals surface area contributed by atoms with Crippen LogP contribution in [0.2, 0.25) is 0 Å². The number of hydrogen-bond donors (Lipinski definition) is 2. The molecule has 0 aliphatic carbocycles. The number of nitrogens with one attached hydrogen (secondary N) is 1. The first-order valence-corrected chi connectivity index (χ1v) is 6.64. The fourth-order valence-corrected chi connectivity index (χ4v) is 2.43. The van der Waals surface area contributed by atoms with E-state index in [1.54, 1.807) is 18.2 Å². The van der Waals surface area contributed by atoms with Gasteiger partial charge in [-0.2, -0.15) is 4.98 Å². The van der Waals surface area contributed by atoms with Gasteiger partial charge in [0.1, 0.15) is 5.75 Å². The lowest BCUT2D eigenvalue weighted by molar-refractivity contribution is 0.313. The highest BCUT2D eigenvalue weighted by Gasteiger charge is 2.17. The smallest absolute Gasteiger partial charge is 0.227 e. The fraction of sp³-hybridized carbons (Fsp3) is 0.429. The van der Waals surface area contributed by atoms with Crippen molar-refractivity contribution < 1.29 is 9.63 Å². The summed E-state index contributed by atoms with van der Waals surface area (Å²) in [5.74, 6) is 2.06. The number of phenolic OH excluding ortho intramolecular Hbond substituents is 1. The molecule has 0 amide bonds. The molecule has 0 radical (unpaired) electrons. The van der Waals surface area contributed by atoms with Crippen LogP contribution in [-0.4, -0.2) is 28.3 Å². The Morgan fingerprint density at radius 2 is 2.16 bits per heavy atom. The minimum Gasteiger partial charge on any atom is -0.508 e. The number of nitrogens with zero attached hydrogens (tertiary/aromatic N) is 2. The molecule has 1 aromatic heterocycles. The molecule has 1 aromatic carbocycles. The van der Waals surface area contributed by atoms with E-state index in [1.165, 1.54) is 0 Å². The molecule has 2 aromatic rings. The van der Waals surface area contributed by atoms with Crippen LogP contribution in [0, 0.1) is 5.92 Å². The van der Waals surface area contributed by atoms with Gasteiger partial charge in [0.05, 0.1) is 0 Å². The maximum Gasteiger partial charge on any atom is 0.227 e. The van der Waals surface area contributed by atoms with Gasteiger partial charge in [-0.05, 0) is 44.0 Å². The summed E-state index contributed by atoms with van der Waals surface area (Å²) in [7, 11) is 0. The number of benzene rings is 1. The van der Waals surface area contributed by atoms with E-state index in [4.69, 9.17) is 4.52 Å². The molecule has 3 rings (SSSR count). The zero-order valence-corrected chi connectivity index (χ0v) is 10.7. The second-order valence-electron chi connectivity index (χ2n) is 4.96. The van der Waals surface area contributed by atoms with Crippen LogP contribution in [0.15, 0.2) is 28.8 Å². The lowest BCUT2D eigenvalue weighted by atomic mass is 9.95. The molecule has 1 aliphatic rings. The number of phenols is 1. The molecule has 0 atom stereocenters. The summed E-state index contributed by atoms with van der Waals surface area (Å²) in [4.78, 5) is 4.41. The largest absolute Gasteiger partial charge is 0.508 e. The highest BCUT2D eigenvalue weighted by Crippen LogP contribution is 2.22. The molecule has 100 valence electrons. The summed E-state index contributed by atoms with van der Waals surface area (Å²) in [5, 5.41) is 16.8. The summed E-state index contributed by atoms with van der Waals surface area (Å²) >= 11 is 0. The van der Waals surface area contributed by atoms with Gasteiger partial charge in [-0.25, -0.2) is 0 Å². The summed E-state index contributed by atoms with van der Waals surface area (Å²) < 4.78 is 5.30. The van der Waals surface area contributed by atoms with Crippen molar-refractivity contribution in [2.45, 2.75) is 19.3 Å². The first kappa shape index (κ1) is 12.2. The first-order chi connectivity index (χ1) is 9.31. The van der Waals surface area contributed by atoms with Gasteiger partial charge in [-0.3, -0.25) is 0 Å². The maximum atomic E-state index is 9.45. The maximum absolute atomic E-state index is 9.45. The van der Waals surface area contributed by atoms with Crippen molar-refractivity contribution in [1.29, 1.82) is 0 Å². The molecule has 1 aliphatic heterocycles. The van der Waals surface area contributed by atoms with Crippen LogP contribution >= 0.6 is 0 Å². The predicted molar refractivity (Wildman–Crippen MR) is 70.7 cm³/mol. The van der Waals surface area contributed by atoms with Crippen molar-refractivity contribution in [1.82, 2.24) is 15.5 Å². The Bertz CT molecular complexity index is 547. The third-order valence-corrected chi connectivity index (χ3v) is 3.49. The van der Waals surface area contributed by atoms with E-state index >= 15 is 0 Å². The normalized spacial score (nSPS) is 16.6. The molecule has 2 heterocycles. The fourth-order valence-electron chi connectivity index (χ4n) is 2.43. The Balaban J connectivity index is 1.72. The van der Waals surface area contributed by atoms with Crippen molar-refractivity contribution in [2.75, 3.05) is 13.1 Å². The molecule has 0 unspecified atom stereocenters. The number of hydrogen-bond acceptors (Lipinski definition) is 5. The number of rotatable bonds is 3. The van der Waals surface area contributed by atoms with Gasteiger partial charge in [0, 0.05) is 12.0 Å². The van der Waals surface area contributed by atoms with Crippen LogP contribution in [0.5, 0.6) is 5.75 Å². The molecule has 0 saturated carbocycles. The van der Waals surface area contributed by atoms with E-state index < -0.39 is 0 Å². The van der Waals surface area contributed by atoms with Gasteiger partial charge >= 0.3 is 0 Å². The molecule has 1 saturated heterocycles. The molecule has 2 N–H and O–H groups in total. The highest BCUT2D eigenvalue weighted by atomic mass is 16.5. The first-order valence-electron chi connectivity index (χ1n) is 6.64. The van der Waals surface area contributed by atoms with E-state index in [1.807, 2.05) is 6.07 Å². The zero-order valence-electron chi connectivity index (χ0n) is 10.7. The molecule has 0 spiro atoms. The van der Waals surface area contributed by atoms with E-state index in [0.29, 0.717) is 17.6 Å². The van der Waals surface area contributed by atoms with Crippen LogP contribution < -0.4 is 5.32 Å². The van der Waals surface area contributed by atoms with Crippen LogP contribution in [0.4, 0.5) is 0 Å². The Hall–Kier alpha value is -1.88. The van der Waals surface area contributed by atoms with Gasteiger partial charge in [0.15, 0.2) is 0 Å². The number of piperidine rings is 1. The topological polar surface area (TPSA) is 71.2 Å². The quantitative estimate of drug-likeness (QED) is 0.882. The number of aromatic hydroxyl groups is 1. The predicted octanol–water partition coefficient (Wildman–Crippen LogP) is 1.98.